The van der Waals surface area contributed by atoms with E-state index in [9.17, 15) is 0 Å². The normalized spacial score (nSPS) is 15.6. The van der Waals surface area contributed by atoms with Crippen molar-refractivity contribution in [3.63, 3.8) is 0 Å². The van der Waals surface area contributed by atoms with E-state index < -0.39 is 0 Å². The summed E-state index contributed by atoms with van der Waals surface area (Å²) in [5.74, 6) is 1.02. The second kappa shape index (κ2) is 5.40. The van der Waals surface area contributed by atoms with Gasteiger partial charge < -0.3 is 10.1 Å². The summed E-state index contributed by atoms with van der Waals surface area (Å²) in [6.07, 6.45) is 3.93. The molecule has 0 saturated heterocycles. The second-order valence-corrected chi connectivity index (χ2v) is 4.67. The maximum atomic E-state index is 5.88. The van der Waals surface area contributed by atoms with Crippen LogP contribution < -0.4 is 10.1 Å². The van der Waals surface area contributed by atoms with Crippen molar-refractivity contribution < 1.29 is 4.74 Å². The molecule has 0 spiro atoms. The Labute approximate surface area is 112 Å². The van der Waals surface area contributed by atoms with E-state index in [-0.39, 0.29) is 6.04 Å². The molecule has 2 aromatic rings. The molecule has 2 N–H and O–H groups in total. The number of H-pyrrole nitrogens is 1. The fourth-order valence-electron chi connectivity index (χ4n) is 2.57. The van der Waals surface area contributed by atoms with Crippen molar-refractivity contribution in [2.75, 3.05) is 13.2 Å². The van der Waals surface area contributed by atoms with Crippen LogP contribution in [0.4, 0.5) is 0 Å². The minimum absolute atomic E-state index is 0.0248. The monoisotopic (exact) mass is 258 g/mol. The lowest BCUT2D eigenvalue weighted by molar-refractivity contribution is 0.283. The first-order valence-electron chi connectivity index (χ1n) is 6.73. The Morgan fingerprint density at radius 3 is 3.21 bits per heavy atom. The Morgan fingerprint density at radius 1 is 1.47 bits per heavy atom. The molecule has 1 aromatic carbocycles. The first-order valence-corrected chi connectivity index (χ1v) is 6.73. The maximum absolute atomic E-state index is 5.88. The largest absolute Gasteiger partial charge is 0.493 e. The summed E-state index contributed by atoms with van der Waals surface area (Å²) in [7, 11) is 0. The molecule has 1 atom stereocenters. The van der Waals surface area contributed by atoms with Gasteiger partial charge in [0.05, 0.1) is 18.8 Å². The number of aromatic nitrogens is 3. The number of rotatable bonds is 4. The standard InChI is InChI=1S/C14H18N4O/c1-2-15-13(12-9-16-18-17-12)11-7-3-5-10-6-4-8-19-14(10)11/h3,5,7,9,13,15H,2,4,6,8H2,1H3,(H,16,17,18). The first-order chi connectivity index (χ1) is 9.40. The Balaban J connectivity index is 2.03. The number of hydrogen-bond donors (Lipinski definition) is 2. The molecule has 5 nitrogen and oxygen atoms in total. The topological polar surface area (TPSA) is 62.8 Å². The van der Waals surface area contributed by atoms with Crippen LogP contribution in [0.3, 0.4) is 0 Å². The minimum atomic E-state index is 0.0248. The van der Waals surface area contributed by atoms with Gasteiger partial charge in [0.2, 0.25) is 0 Å². The van der Waals surface area contributed by atoms with Gasteiger partial charge in [0.15, 0.2) is 0 Å². The molecule has 3 rings (SSSR count). The molecule has 100 valence electrons. The van der Waals surface area contributed by atoms with Crippen LogP contribution >= 0.6 is 0 Å². The number of nitrogens with zero attached hydrogens (tertiary/aromatic N) is 2. The van der Waals surface area contributed by atoms with Gasteiger partial charge in [-0.1, -0.05) is 25.1 Å². The average molecular weight is 258 g/mol. The van der Waals surface area contributed by atoms with E-state index in [1.807, 2.05) is 0 Å². The Bertz CT molecular complexity index is 538. The highest BCUT2D eigenvalue weighted by atomic mass is 16.5. The number of aromatic amines is 1. The third-order valence-corrected chi connectivity index (χ3v) is 3.41. The molecule has 1 aromatic heterocycles. The molecule has 0 bridgehead atoms. The molecule has 0 amide bonds. The number of nitrogens with one attached hydrogen (secondary N) is 2. The number of aryl methyl sites for hydroxylation is 1. The summed E-state index contributed by atoms with van der Waals surface area (Å²) < 4.78 is 5.88. The molecule has 5 heteroatoms. The fraction of sp³-hybridized carbons (Fsp3) is 0.429. The van der Waals surface area contributed by atoms with Crippen molar-refractivity contribution in [3.8, 4) is 5.75 Å². The molecule has 1 aliphatic rings. The molecule has 2 heterocycles. The molecular weight excluding hydrogens is 240 g/mol. The summed E-state index contributed by atoms with van der Waals surface area (Å²) >= 11 is 0. The van der Waals surface area contributed by atoms with Gasteiger partial charge in [0, 0.05) is 5.56 Å². The highest BCUT2D eigenvalue weighted by molar-refractivity contribution is 5.46. The van der Waals surface area contributed by atoms with Gasteiger partial charge in [-0.15, -0.1) is 0 Å². The van der Waals surface area contributed by atoms with Gasteiger partial charge in [0.25, 0.3) is 0 Å². The molecule has 0 aliphatic carbocycles. The van der Waals surface area contributed by atoms with Crippen LogP contribution in [0.2, 0.25) is 0 Å². The molecule has 0 radical (unpaired) electrons. The molecule has 1 unspecified atom stereocenters. The van der Waals surface area contributed by atoms with E-state index in [2.05, 4.69) is 45.9 Å². The van der Waals surface area contributed by atoms with E-state index in [1.54, 1.807) is 6.20 Å². The van der Waals surface area contributed by atoms with Crippen LogP contribution in [-0.4, -0.2) is 28.6 Å². The number of hydrogen-bond acceptors (Lipinski definition) is 4. The minimum Gasteiger partial charge on any atom is -0.493 e. The maximum Gasteiger partial charge on any atom is 0.127 e. The van der Waals surface area contributed by atoms with E-state index in [1.165, 1.54) is 5.56 Å². The smallest absolute Gasteiger partial charge is 0.127 e. The van der Waals surface area contributed by atoms with Crippen LogP contribution in [0.5, 0.6) is 5.75 Å². The van der Waals surface area contributed by atoms with Gasteiger partial charge in [-0.3, -0.25) is 0 Å². The summed E-state index contributed by atoms with van der Waals surface area (Å²) in [5, 5.41) is 14.2. The summed E-state index contributed by atoms with van der Waals surface area (Å²) in [6, 6.07) is 6.36. The Morgan fingerprint density at radius 2 is 2.42 bits per heavy atom. The zero-order valence-corrected chi connectivity index (χ0v) is 11.0. The molecule has 0 fully saturated rings. The highest BCUT2D eigenvalue weighted by Gasteiger charge is 2.23. The molecule has 19 heavy (non-hydrogen) atoms. The van der Waals surface area contributed by atoms with Crippen LogP contribution in [0.15, 0.2) is 24.4 Å². The summed E-state index contributed by atoms with van der Waals surface area (Å²) in [4.78, 5) is 0. The second-order valence-electron chi connectivity index (χ2n) is 4.67. The zero-order chi connectivity index (χ0) is 13.1. The third-order valence-electron chi connectivity index (χ3n) is 3.41. The van der Waals surface area contributed by atoms with E-state index in [4.69, 9.17) is 4.74 Å². The predicted molar refractivity (Wildman–Crippen MR) is 72.2 cm³/mol. The Hall–Kier alpha value is -1.88. The SMILES string of the molecule is CCNC(c1cn[nH]n1)c1cccc2c1OCCC2. The fourth-order valence-corrected chi connectivity index (χ4v) is 2.57. The van der Waals surface area contributed by atoms with Gasteiger partial charge >= 0.3 is 0 Å². The van der Waals surface area contributed by atoms with E-state index >= 15 is 0 Å². The highest BCUT2D eigenvalue weighted by Crippen LogP contribution is 2.34. The molecule has 1 aliphatic heterocycles. The first kappa shape index (κ1) is 12.2. The van der Waals surface area contributed by atoms with Gasteiger partial charge in [-0.2, -0.15) is 15.4 Å². The summed E-state index contributed by atoms with van der Waals surface area (Å²) in [6.45, 7) is 3.74. The van der Waals surface area contributed by atoms with Crippen molar-refractivity contribution in [2.24, 2.45) is 0 Å². The third kappa shape index (κ3) is 2.33. The van der Waals surface area contributed by atoms with Gasteiger partial charge in [0.1, 0.15) is 11.4 Å². The average Bonchev–Trinajstić information content (AvgIpc) is 2.98. The molecule has 0 saturated carbocycles. The van der Waals surface area contributed by atoms with Crippen molar-refractivity contribution in [1.82, 2.24) is 20.7 Å². The quantitative estimate of drug-likeness (QED) is 0.878. The lowest BCUT2D eigenvalue weighted by atomic mass is 9.96. The van der Waals surface area contributed by atoms with E-state index in [0.717, 1.165) is 43.0 Å². The van der Waals surface area contributed by atoms with Crippen LogP contribution in [0, 0.1) is 0 Å². The lowest BCUT2D eigenvalue weighted by Crippen LogP contribution is -2.24. The predicted octanol–water partition coefficient (Wildman–Crippen LogP) is 1.83. The van der Waals surface area contributed by atoms with Crippen molar-refractivity contribution in [1.29, 1.82) is 0 Å². The van der Waals surface area contributed by atoms with Crippen molar-refractivity contribution >= 4 is 0 Å². The van der Waals surface area contributed by atoms with Crippen molar-refractivity contribution in [3.05, 3.63) is 41.2 Å². The van der Waals surface area contributed by atoms with Gasteiger partial charge in [-0.05, 0) is 24.9 Å². The van der Waals surface area contributed by atoms with Crippen LogP contribution in [0.1, 0.15) is 36.2 Å². The van der Waals surface area contributed by atoms with Gasteiger partial charge in [-0.25, -0.2) is 0 Å². The molecular formula is C14H18N4O. The van der Waals surface area contributed by atoms with E-state index in [0.29, 0.717) is 0 Å². The van der Waals surface area contributed by atoms with Crippen LogP contribution in [-0.2, 0) is 6.42 Å². The van der Waals surface area contributed by atoms with Crippen LogP contribution in [0.25, 0.3) is 0 Å². The number of fused-ring (bicyclic) bond motifs is 1. The Kier molecular flexibility index (Phi) is 3.46. The lowest BCUT2D eigenvalue weighted by Gasteiger charge is -2.24. The summed E-state index contributed by atoms with van der Waals surface area (Å²) in [5.41, 5.74) is 3.33. The number of ether oxygens (including phenoxy) is 1. The van der Waals surface area contributed by atoms with Crippen molar-refractivity contribution in [2.45, 2.75) is 25.8 Å². The zero-order valence-electron chi connectivity index (χ0n) is 11.0. The number of benzene rings is 1. The number of para-hydroxylation sites is 1.